The van der Waals surface area contributed by atoms with Crippen molar-refractivity contribution in [1.82, 2.24) is 5.32 Å². The van der Waals surface area contributed by atoms with Gasteiger partial charge in [-0.05, 0) is 31.2 Å². The zero-order valence-electron chi connectivity index (χ0n) is 11.6. The van der Waals surface area contributed by atoms with E-state index < -0.39 is 11.6 Å². The Labute approximate surface area is 114 Å². The summed E-state index contributed by atoms with van der Waals surface area (Å²) in [6.45, 7) is 2.75. The Balaban J connectivity index is 1.84. The van der Waals surface area contributed by atoms with Gasteiger partial charge < -0.3 is 5.32 Å². The molecule has 1 nitrogen and oxygen atoms in total. The van der Waals surface area contributed by atoms with Gasteiger partial charge >= 0.3 is 0 Å². The first-order chi connectivity index (χ1) is 9.19. The van der Waals surface area contributed by atoms with Crippen molar-refractivity contribution in [2.75, 3.05) is 0 Å². The lowest BCUT2D eigenvalue weighted by Gasteiger charge is -2.17. The fourth-order valence-corrected chi connectivity index (χ4v) is 2.91. The van der Waals surface area contributed by atoms with Gasteiger partial charge in [0.05, 0.1) is 0 Å². The summed E-state index contributed by atoms with van der Waals surface area (Å²) in [7, 11) is 0. The monoisotopic (exact) mass is 267 g/mol. The Morgan fingerprint density at radius 2 is 2.00 bits per heavy atom. The summed E-state index contributed by atoms with van der Waals surface area (Å²) in [6.07, 6.45) is 7.43. The Morgan fingerprint density at radius 1 is 1.16 bits per heavy atom. The van der Waals surface area contributed by atoms with Gasteiger partial charge in [0.15, 0.2) is 0 Å². The Bertz CT molecular complexity index is 406. The molecule has 1 aliphatic carbocycles. The second-order valence-electron chi connectivity index (χ2n) is 5.60. The maximum atomic E-state index is 13.5. The molecule has 0 amide bonds. The molecule has 1 fully saturated rings. The zero-order chi connectivity index (χ0) is 13.7. The molecule has 2 atom stereocenters. The molecule has 1 N–H and O–H groups in total. The summed E-state index contributed by atoms with van der Waals surface area (Å²) >= 11 is 0. The third-order valence-electron chi connectivity index (χ3n) is 4.26. The molecule has 0 spiro atoms. The van der Waals surface area contributed by atoms with Crippen molar-refractivity contribution in [1.29, 1.82) is 0 Å². The van der Waals surface area contributed by atoms with E-state index in [9.17, 15) is 8.78 Å². The molecule has 3 heteroatoms. The molecule has 106 valence electrons. The second-order valence-corrected chi connectivity index (χ2v) is 5.60. The molecule has 2 unspecified atom stereocenters. The van der Waals surface area contributed by atoms with Crippen LogP contribution in [0.15, 0.2) is 18.2 Å². The molecule has 0 saturated heterocycles. The minimum Gasteiger partial charge on any atom is -0.310 e. The Morgan fingerprint density at radius 3 is 2.74 bits per heavy atom. The van der Waals surface area contributed by atoms with Crippen molar-refractivity contribution >= 4 is 0 Å². The summed E-state index contributed by atoms with van der Waals surface area (Å²) in [5.74, 6) is -0.108. The molecule has 0 heterocycles. The van der Waals surface area contributed by atoms with E-state index in [2.05, 4.69) is 12.2 Å². The standard InChI is InChI=1S/C16H23F2N/c1-2-12-4-3-5-15(9-6-12)19-11-13-7-8-14(17)10-16(13)18/h7-8,10,12,15,19H,2-6,9,11H2,1H3. The third-order valence-corrected chi connectivity index (χ3v) is 4.26. The van der Waals surface area contributed by atoms with Gasteiger partial charge in [0, 0.05) is 24.2 Å². The highest BCUT2D eigenvalue weighted by Gasteiger charge is 2.17. The highest BCUT2D eigenvalue weighted by atomic mass is 19.1. The van der Waals surface area contributed by atoms with Gasteiger partial charge in [0.25, 0.3) is 0 Å². The number of hydrogen-bond donors (Lipinski definition) is 1. The minimum absolute atomic E-state index is 0.451. The first-order valence-corrected chi connectivity index (χ1v) is 7.36. The molecule has 0 aromatic heterocycles. The van der Waals surface area contributed by atoms with Gasteiger partial charge in [-0.15, -0.1) is 0 Å². The Hall–Kier alpha value is -0.960. The van der Waals surface area contributed by atoms with Gasteiger partial charge in [-0.2, -0.15) is 0 Å². The van der Waals surface area contributed by atoms with Gasteiger partial charge in [-0.25, -0.2) is 8.78 Å². The number of hydrogen-bond acceptors (Lipinski definition) is 1. The van der Waals surface area contributed by atoms with Crippen LogP contribution in [0.25, 0.3) is 0 Å². The minimum atomic E-state index is -0.512. The number of nitrogens with one attached hydrogen (secondary N) is 1. The van der Waals surface area contributed by atoms with Crippen LogP contribution in [-0.2, 0) is 6.54 Å². The van der Waals surface area contributed by atoms with Gasteiger partial charge in [0.1, 0.15) is 11.6 Å². The van der Waals surface area contributed by atoms with Crippen molar-refractivity contribution < 1.29 is 8.78 Å². The molecule has 19 heavy (non-hydrogen) atoms. The van der Waals surface area contributed by atoms with E-state index in [4.69, 9.17) is 0 Å². The summed E-state index contributed by atoms with van der Waals surface area (Å²) in [5.41, 5.74) is 0.553. The molecule has 0 radical (unpaired) electrons. The molecule has 1 aliphatic rings. The highest BCUT2D eigenvalue weighted by Crippen LogP contribution is 2.25. The lowest BCUT2D eigenvalue weighted by Crippen LogP contribution is -2.28. The average molecular weight is 267 g/mol. The van der Waals surface area contributed by atoms with E-state index in [0.29, 0.717) is 18.2 Å². The molecular formula is C16H23F2N. The SMILES string of the molecule is CCC1CCCC(NCc2ccc(F)cc2F)CC1. The van der Waals surface area contributed by atoms with Crippen LogP contribution in [0.1, 0.15) is 51.0 Å². The third kappa shape index (κ3) is 4.27. The topological polar surface area (TPSA) is 12.0 Å². The van der Waals surface area contributed by atoms with Crippen molar-refractivity contribution in [3.63, 3.8) is 0 Å². The smallest absolute Gasteiger partial charge is 0.130 e. The van der Waals surface area contributed by atoms with Crippen LogP contribution in [0.5, 0.6) is 0 Å². The van der Waals surface area contributed by atoms with E-state index in [1.807, 2.05) is 0 Å². The van der Waals surface area contributed by atoms with Crippen molar-refractivity contribution in [3.8, 4) is 0 Å². The van der Waals surface area contributed by atoms with E-state index in [-0.39, 0.29) is 0 Å². The number of halogens is 2. The quantitative estimate of drug-likeness (QED) is 0.797. The highest BCUT2D eigenvalue weighted by molar-refractivity contribution is 5.18. The summed E-state index contributed by atoms with van der Waals surface area (Å²) in [6, 6.07) is 4.28. The van der Waals surface area contributed by atoms with Crippen LogP contribution < -0.4 is 5.32 Å². The largest absolute Gasteiger partial charge is 0.310 e. The average Bonchev–Trinajstić information content (AvgIpc) is 2.63. The predicted molar refractivity (Wildman–Crippen MR) is 73.9 cm³/mol. The fraction of sp³-hybridized carbons (Fsp3) is 0.625. The molecule has 0 aliphatic heterocycles. The van der Waals surface area contributed by atoms with Crippen LogP contribution in [0.4, 0.5) is 8.78 Å². The molecular weight excluding hydrogens is 244 g/mol. The van der Waals surface area contributed by atoms with E-state index in [0.717, 1.165) is 12.0 Å². The number of rotatable bonds is 4. The van der Waals surface area contributed by atoms with E-state index in [1.54, 1.807) is 0 Å². The van der Waals surface area contributed by atoms with Crippen molar-refractivity contribution in [3.05, 3.63) is 35.4 Å². The van der Waals surface area contributed by atoms with Crippen molar-refractivity contribution in [2.45, 2.75) is 58.0 Å². The van der Waals surface area contributed by atoms with Gasteiger partial charge in [-0.3, -0.25) is 0 Å². The van der Waals surface area contributed by atoms with Crippen LogP contribution in [0, 0.1) is 17.6 Å². The van der Waals surface area contributed by atoms with Crippen LogP contribution in [0.3, 0.4) is 0 Å². The van der Waals surface area contributed by atoms with Crippen molar-refractivity contribution in [2.24, 2.45) is 5.92 Å². The molecule has 1 aromatic carbocycles. The number of benzene rings is 1. The predicted octanol–water partition coefficient (Wildman–Crippen LogP) is 4.41. The normalized spacial score (nSPS) is 24.2. The van der Waals surface area contributed by atoms with Crippen LogP contribution >= 0.6 is 0 Å². The Kier molecular flexibility index (Phi) is 5.32. The van der Waals surface area contributed by atoms with Gasteiger partial charge in [-0.1, -0.05) is 32.3 Å². The first-order valence-electron chi connectivity index (χ1n) is 7.36. The summed E-state index contributed by atoms with van der Waals surface area (Å²) in [4.78, 5) is 0. The molecule has 1 aromatic rings. The lowest BCUT2D eigenvalue weighted by molar-refractivity contribution is 0.422. The van der Waals surface area contributed by atoms with E-state index in [1.165, 1.54) is 50.7 Å². The first kappa shape index (κ1) is 14.4. The molecule has 1 saturated carbocycles. The fourth-order valence-electron chi connectivity index (χ4n) is 2.91. The van der Waals surface area contributed by atoms with Gasteiger partial charge in [0.2, 0.25) is 0 Å². The maximum Gasteiger partial charge on any atom is 0.130 e. The van der Waals surface area contributed by atoms with Crippen LogP contribution in [-0.4, -0.2) is 6.04 Å². The molecule has 0 bridgehead atoms. The molecule has 2 rings (SSSR count). The van der Waals surface area contributed by atoms with Crippen LogP contribution in [0.2, 0.25) is 0 Å². The lowest BCUT2D eigenvalue weighted by atomic mass is 9.98. The summed E-state index contributed by atoms with van der Waals surface area (Å²) < 4.78 is 26.3. The zero-order valence-corrected chi connectivity index (χ0v) is 11.6. The maximum absolute atomic E-state index is 13.5. The van der Waals surface area contributed by atoms with E-state index >= 15 is 0 Å². The second kappa shape index (κ2) is 6.99. The summed E-state index contributed by atoms with van der Waals surface area (Å²) in [5, 5.41) is 3.42.